The average molecular weight is 240 g/mol. The van der Waals surface area contributed by atoms with E-state index in [2.05, 4.69) is 0 Å². The highest BCUT2D eigenvalue weighted by Gasteiger charge is 2.24. The van der Waals surface area contributed by atoms with E-state index in [9.17, 15) is 22.2 Å². The summed E-state index contributed by atoms with van der Waals surface area (Å²) in [5, 5.41) is 8.38. The van der Waals surface area contributed by atoms with Crippen molar-refractivity contribution in [2.45, 2.75) is 4.90 Å². The Hall–Kier alpha value is -1.41. The largest absolute Gasteiger partial charge is 0.478 e. The Bertz CT molecular complexity index is 422. The molecule has 0 radical (unpaired) electrons. The predicted molar refractivity (Wildman–Crippen MR) is 42.3 cm³/mol. The minimum atomic E-state index is -2.93. The molecule has 0 saturated carbocycles. The van der Waals surface area contributed by atoms with Gasteiger partial charge in [0.25, 0.3) is 0 Å². The van der Waals surface area contributed by atoms with Crippen LogP contribution in [0.2, 0.25) is 0 Å². The Morgan fingerprint density at radius 2 is 1.73 bits per heavy atom. The van der Waals surface area contributed by atoms with Crippen LogP contribution in [-0.4, -0.2) is 19.8 Å². The second-order valence-electron chi connectivity index (χ2n) is 2.42. The number of halogens is 3. The van der Waals surface area contributed by atoms with Gasteiger partial charge in [0, 0.05) is 0 Å². The van der Waals surface area contributed by atoms with Gasteiger partial charge in [-0.05, 0) is 6.07 Å². The van der Waals surface area contributed by atoms with Crippen molar-refractivity contribution < 1.29 is 31.8 Å². The third-order valence-corrected chi connectivity index (χ3v) is 2.21. The molecule has 1 rings (SSSR count). The molecule has 1 aromatic carbocycles. The highest BCUT2D eigenvalue weighted by Crippen LogP contribution is 2.21. The van der Waals surface area contributed by atoms with Gasteiger partial charge in [-0.2, -0.15) is 0 Å². The normalized spacial score (nSPS) is 12.5. The zero-order valence-corrected chi connectivity index (χ0v) is 7.65. The smallest absolute Gasteiger partial charge is 0.338 e. The first-order chi connectivity index (χ1) is 6.86. The van der Waals surface area contributed by atoms with Crippen LogP contribution in [0.25, 0.3) is 0 Å². The Morgan fingerprint density at radius 1 is 1.20 bits per heavy atom. The van der Waals surface area contributed by atoms with E-state index in [1.807, 2.05) is 0 Å². The molecule has 15 heavy (non-hydrogen) atoms. The molecule has 0 heterocycles. The zero-order chi connectivity index (χ0) is 11.7. The van der Waals surface area contributed by atoms with Crippen LogP contribution >= 0.6 is 0 Å². The standard InChI is InChI=1S/C7H3F3O4S/c8-4-2(7(11)12)1-3(15(13)14)5(9)6(4)10/h1H,(H,11,12)(H,13,14). The van der Waals surface area contributed by atoms with Crippen LogP contribution < -0.4 is 0 Å². The van der Waals surface area contributed by atoms with Crippen LogP contribution in [0.15, 0.2) is 11.0 Å². The van der Waals surface area contributed by atoms with Crippen molar-refractivity contribution in [2.24, 2.45) is 0 Å². The summed E-state index contributed by atoms with van der Waals surface area (Å²) < 4.78 is 57.2. The van der Waals surface area contributed by atoms with Crippen LogP contribution in [-0.2, 0) is 11.1 Å². The molecule has 0 bridgehead atoms. The first-order valence-electron chi connectivity index (χ1n) is 3.38. The molecule has 0 aliphatic rings. The van der Waals surface area contributed by atoms with E-state index in [0.29, 0.717) is 0 Å². The summed E-state index contributed by atoms with van der Waals surface area (Å²) in [5.74, 6) is -7.74. The molecule has 1 atom stereocenters. The lowest BCUT2D eigenvalue weighted by molar-refractivity contribution is 0.0690. The van der Waals surface area contributed by atoms with Gasteiger partial charge in [0.2, 0.25) is 0 Å². The predicted octanol–water partition coefficient (Wildman–Crippen LogP) is 1.38. The summed E-state index contributed by atoms with van der Waals surface area (Å²) >= 11 is -2.93. The summed E-state index contributed by atoms with van der Waals surface area (Å²) in [6, 6.07) is 0.270. The van der Waals surface area contributed by atoms with E-state index < -0.39 is 45.0 Å². The Labute approximate surface area is 83.6 Å². The highest BCUT2D eigenvalue weighted by atomic mass is 32.2. The van der Waals surface area contributed by atoms with E-state index in [-0.39, 0.29) is 6.07 Å². The minimum Gasteiger partial charge on any atom is -0.478 e. The number of hydrogen-bond donors (Lipinski definition) is 2. The fourth-order valence-corrected chi connectivity index (χ4v) is 1.32. The summed E-state index contributed by atoms with van der Waals surface area (Å²) in [5.41, 5.74) is -1.20. The number of hydrogen-bond acceptors (Lipinski definition) is 2. The maximum Gasteiger partial charge on any atom is 0.338 e. The SMILES string of the molecule is O=C(O)c1cc(S(=O)O)c(F)c(F)c1F. The number of benzene rings is 1. The maximum absolute atomic E-state index is 12.8. The fraction of sp³-hybridized carbons (Fsp3) is 0. The summed E-state index contributed by atoms with van der Waals surface area (Å²) in [7, 11) is 0. The molecule has 0 amide bonds. The van der Waals surface area contributed by atoms with E-state index in [1.54, 1.807) is 0 Å². The molecule has 1 unspecified atom stereocenters. The molecule has 0 aromatic heterocycles. The van der Waals surface area contributed by atoms with Gasteiger partial charge in [0.15, 0.2) is 28.5 Å². The lowest BCUT2D eigenvalue weighted by Crippen LogP contribution is -2.08. The minimum absolute atomic E-state index is 0.270. The Kier molecular flexibility index (Phi) is 3.10. The Morgan fingerprint density at radius 3 is 2.13 bits per heavy atom. The molecule has 0 aliphatic heterocycles. The van der Waals surface area contributed by atoms with E-state index in [1.165, 1.54) is 0 Å². The van der Waals surface area contributed by atoms with Gasteiger partial charge in [-0.25, -0.2) is 22.2 Å². The van der Waals surface area contributed by atoms with Gasteiger partial charge in [-0.3, -0.25) is 0 Å². The van der Waals surface area contributed by atoms with Crippen molar-refractivity contribution in [3.8, 4) is 0 Å². The van der Waals surface area contributed by atoms with Gasteiger partial charge >= 0.3 is 5.97 Å². The molecule has 1 aromatic rings. The monoisotopic (exact) mass is 240 g/mol. The summed E-state index contributed by atoms with van der Waals surface area (Å²) in [6.07, 6.45) is 0. The third-order valence-electron chi connectivity index (χ3n) is 1.53. The quantitative estimate of drug-likeness (QED) is 0.605. The molecular weight excluding hydrogens is 237 g/mol. The highest BCUT2D eigenvalue weighted by molar-refractivity contribution is 7.79. The van der Waals surface area contributed by atoms with Gasteiger partial charge in [-0.1, -0.05) is 0 Å². The summed E-state index contributed by atoms with van der Waals surface area (Å²) in [4.78, 5) is 9.23. The topological polar surface area (TPSA) is 74.6 Å². The van der Waals surface area contributed by atoms with Crippen molar-refractivity contribution in [3.63, 3.8) is 0 Å². The lowest BCUT2D eigenvalue weighted by atomic mass is 10.2. The van der Waals surface area contributed by atoms with Gasteiger partial charge in [0.05, 0.1) is 5.56 Å². The van der Waals surface area contributed by atoms with E-state index >= 15 is 0 Å². The Balaban J connectivity index is 3.59. The molecule has 0 aliphatic carbocycles. The number of carboxylic acid groups (broad SMARTS) is 1. The number of carboxylic acids is 1. The molecule has 0 spiro atoms. The molecule has 82 valence electrons. The van der Waals surface area contributed by atoms with Crippen LogP contribution in [0, 0.1) is 17.5 Å². The van der Waals surface area contributed by atoms with Crippen LogP contribution in [0.1, 0.15) is 10.4 Å². The zero-order valence-electron chi connectivity index (χ0n) is 6.83. The molecule has 0 fully saturated rings. The van der Waals surface area contributed by atoms with Crippen molar-refractivity contribution in [1.29, 1.82) is 0 Å². The van der Waals surface area contributed by atoms with Crippen molar-refractivity contribution in [3.05, 3.63) is 29.1 Å². The van der Waals surface area contributed by atoms with Crippen molar-refractivity contribution >= 4 is 17.0 Å². The first-order valence-corrected chi connectivity index (χ1v) is 4.48. The van der Waals surface area contributed by atoms with Gasteiger partial charge in [0.1, 0.15) is 4.90 Å². The molecular formula is C7H3F3O4S. The molecule has 4 nitrogen and oxygen atoms in total. The van der Waals surface area contributed by atoms with Gasteiger partial charge < -0.3 is 9.66 Å². The lowest BCUT2D eigenvalue weighted by Gasteiger charge is -2.03. The fourth-order valence-electron chi connectivity index (χ4n) is 0.863. The maximum atomic E-state index is 12.8. The van der Waals surface area contributed by atoms with Crippen LogP contribution in [0.3, 0.4) is 0 Å². The number of aromatic carboxylic acids is 1. The van der Waals surface area contributed by atoms with Crippen molar-refractivity contribution in [2.75, 3.05) is 0 Å². The first kappa shape index (κ1) is 11.7. The number of rotatable bonds is 2. The van der Waals surface area contributed by atoms with E-state index in [4.69, 9.17) is 9.66 Å². The average Bonchev–Trinajstić information content (AvgIpc) is 2.13. The second-order valence-corrected chi connectivity index (χ2v) is 3.36. The van der Waals surface area contributed by atoms with Gasteiger partial charge in [-0.15, -0.1) is 0 Å². The number of carbonyl (C=O) groups is 1. The molecule has 8 heteroatoms. The second kappa shape index (κ2) is 3.99. The van der Waals surface area contributed by atoms with E-state index in [0.717, 1.165) is 0 Å². The summed E-state index contributed by atoms with van der Waals surface area (Å²) in [6.45, 7) is 0. The molecule has 0 saturated heterocycles. The van der Waals surface area contributed by atoms with Crippen LogP contribution in [0.5, 0.6) is 0 Å². The van der Waals surface area contributed by atoms with Crippen LogP contribution in [0.4, 0.5) is 13.2 Å². The molecule has 2 N–H and O–H groups in total. The van der Waals surface area contributed by atoms with Crippen molar-refractivity contribution in [1.82, 2.24) is 0 Å². The third kappa shape index (κ3) is 2.00.